The number of ether oxygens (including phenoxy) is 1. The van der Waals surface area contributed by atoms with Crippen LogP contribution in [0.1, 0.15) is 31.2 Å². The summed E-state index contributed by atoms with van der Waals surface area (Å²) in [6.07, 6.45) is 3.06. The molecule has 1 aliphatic rings. The molecule has 19 heavy (non-hydrogen) atoms. The van der Waals surface area contributed by atoms with Crippen LogP contribution < -0.4 is 0 Å². The van der Waals surface area contributed by atoms with Crippen LogP contribution in [0, 0.1) is 5.92 Å². The van der Waals surface area contributed by atoms with E-state index in [4.69, 9.17) is 33.0 Å². The van der Waals surface area contributed by atoms with E-state index in [-0.39, 0.29) is 12.0 Å². The van der Waals surface area contributed by atoms with Gasteiger partial charge in [0.25, 0.3) is 0 Å². The van der Waals surface area contributed by atoms with Crippen molar-refractivity contribution in [3.8, 4) is 0 Å². The van der Waals surface area contributed by atoms with E-state index in [2.05, 4.69) is 0 Å². The lowest BCUT2D eigenvalue weighted by molar-refractivity contribution is -0.143. The first-order valence-corrected chi connectivity index (χ1v) is 7.10. The number of aliphatic carboxylic acids is 1. The highest BCUT2D eigenvalue weighted by Crippen LogP contribution is 2.28. The van der Waals surface area contributed by atoms with Crippen LogP contribution in [-0.2, 0) is 16.1 Å². The quantitative estimate of drug-likeness (QED) is 0.908. The molecule has 1 aromatic carbocycles. The highest BCUT2D eigenvalue weighted by Gasteiger charge is 2.26. The van der Waals surface area contributed by atoms with Gasteiger partial charge in [-0.25, -0.2) is 0 Å². The summed E-state index contributed by atoms with van der Waals surface area (Å²) in [5.74, 6) is -0.911. The summed E-state index contributed by atoms with van der Waals surface area (Å²) in [5, 5.41) is 10.2. The number of hydrogen-bond acceptors (Lipinski definition) is 2. The van der Waals surface area contributed by atoms with Gasteiger partial charge in [0, 0.05) is 10.0 Å². The minimum atomic E-state index is -0.698. The van der Waals surface area contributed by atoms with Gasteiger partial charge in [0.2, 0.25) is 0 Å². The molecule has 1 fully saturated rings. The number of carboxylic acid groups (broad SMARTS) is 1. The number of carboxylic acids is 1. The molecular weight excluding hydrogens is 287 g/mol. The molecule has 5 heteroatoms. The Hall–Kier alpha value is -0.770. The Labute approximate surface area is 122 Å². The first-order valence-electron chi connectivity index (χ1n) is 6.34. The summed E-state index contributed by atoms with van der Waals surface area (Å²) in [7, 11) is 0. The maximum Gasteiger partial charge on any atom is 0.306 e. The van der Waals surface area contributed by atoms with Crippen LogP contribution in [0.5, 0.6) is 0 Å². The van der Waals surface area contributed by atoms with Gasteiger partial charge in [0.1, 0.15) is 0 Å². The molecule has 0 aliphatic heterocycles. The minimum Gasteiger partial charge on any atom is -0.481 e. The van der Waals surface area contributed by atoms with Crippen LogP contribution in [0.15, 0.2) is 18.2 Å². The van der Waals surface area contributed by atoms with Crippen LogP contribution in [0.4, 0.5) is 0 Å². The Bertz CT molecular complexity index is 454. The maximum absolute atomic E-state index is 10.8. The molecular formula is C14H16Cl2O3. The molecule has 0 atom stereocenters. The van der Waals surface area contributed by atoms with Crippen molar-refractivity contribution < 1.29 is 14.6 Å². The number of carbonyl (C=O) groups is 1. The van der Waals surface area contributed by atoms with Crippen molar-refractivity contribution >= 4 is 29.2 Å². The van der Waals surface area contributed by atoms with Gasteiger partial charge >= 0.3 is 5.97 Å². The summed E-state index contributed by atoms with van der Waals surface area (Å²) in [6.45, 7) is 0.418. The molecule has 2 rings (SSSR count). The largest absolute Gasteiger partial charge is 0.481 e. The van der Waals surface area contributed by atoms with Gasteiger partial charge in [-0.05, 0) is 49.4 Å². The van der Waals surface area contributed by atoms with Crippen molar-refractivity contribution in [1.29, 1.82) is 0 Å². The Balaban J connectivity index is 1.83. The van der Waals surface area contributed by atoms with Gasteiger partial charge in [0.15, 0.2) is 0 Å². The lowest BCUT2D eigenvalue weighted by atomic mass is 9.87. The fourth-order valence-electron chi connectivity index (χ4n) is 2.34. The topological polar surface area (TPSA) is 46.5 Å². The van der Waals surface area contributed by atoms with Gasteiger partial charge in [-0.1, -0.05) is 23.2 Å². The van der Waals surface area contributed by atoms with Gasteiger partial charge in [-0.15, -0.1) is 0 Å². The maximum atomic E-state index is 10.8. The van der Waals surface area contributed by atoms with E-state index in [0.717, 1.165) is 18.4 Å². The number of halogens is 2. The second kappa shape index (κ2) is 6.60. The molecule has 0 amide bonds. The van der Waals surface area contributed by atoms with Crippen LogP contribution in [0.2, 0.25) is 10.0 Å². The standard InChI is InChI=1S/C14H16Cl2O3/c15-11-3-6-13(16)10(7-11)8-19-12-4-1-9(2-5-12)14(17)18/h3,6-7,9,12H,1-2,4-5,8H2,(H,17,18). The average Bonchev–Trinajstić information content (AvgIpc) is 2.40. The van der Waals surface area contributed by atoms with Crippen molar-refractivity contribution in [1.82, 2.24) is 0 Å². The second-order valence-corrected chi connectivity index (χ2v) is 5.70. The van der Waals surface area contributed by atoms with Crippen molar-refractivity contribution in [3.05, 3.63) is 33.8 Å². The molecule has 1 saturated carbocycles. The summed E-state index contributed by atoms with van der Waals surface area (Å²) in [6, 6.07) is 5.29. The highest BCUT2D eigenvalue weighted by atomic mass is 35.5. The normalized spacial score (nSPS) is 23.3. The molecule has 104 valence electrons. The molecule has 0 aromatic heterocycles. The predicted molar refractivity (Wildman–Crippen MR) is 74.6 cm³/mol. The second-order valence-electron chi connectivity index (χ2n) is 4.86. The van der Waals surface area contributed by atoms with Gasteiger partial charge in [-0.3, -0.25) is 4.79 Å². The molecule has 1 aliphatic carbocycles. The Morgan fingerprint density at radius 2 is 1.95 bits per heavy atom. The van der Waals surface area contributed by atoms with Crippen molar-refractivity contribution in [3.63, 3.8) is 0 Å². The van der Waals surface area contributed by atoms with E-state index >= 15 is 0 Å². The molecule has 3 nitrogen and oxygen atoms in total. The highest BCUT2D eigenvalue weighted by molar-refractivity contribution is 6.33. The molecule has 0 saturated heterocycles. The van der Waals surface area contributed by atoms with Crippen LogP contribution in [-0.4, -0.2) is 17.2 Å². The molecule has 1 N–H and O–H groups in total. The summed E-state index contributed by atoms with van der Waals surface area (Å²) >= 11 is 12.0. The van der Waals surface area contributed by atoms with E-state index in [9.17, 15) is 4.79 Å². The van der Waals surface area contributed by atoms with Crippen LogP contribution in [0.3, 0.4) is 0 Å². The zero-order chi connectivity index (χ0) is 13.8. The Morgan fingerprint density at radius 3 is 2.58 bits per heavy atom. The van der Waals surface area contributed by atoms with Crippen LogP contribution in [0.25, 0.3) is 0 Å². The zero-order valence-electron chi connectivity index (χ0n) is 10.4. The van der Waals surface area contributed by atoms with Gasteiger partial charge in [0.05, 0.1) is 18.6 Å². The summed E-state index contributed by atoms with van der Waals surface area (Å²) < 4.78 is 5.80. The SMILES string of the molecule is O=C(O)C1CCC(OCc2cc(Cl)ccc2Cl)CC1. The van der Waals surface area contributed by atoms with E-state index in [1.807, 2.05) is 0 Å². The fourth-order valence-corrected chi connectivity index (χ4v) is 2.70. The molecule has 0 heterocycles. The number of rotatable bonds is 4. The van der Waals surface area contributed by atoms with Crippen molar-refractivity contribution in [2.75, 3.05) is 0 Å². The third-order valence-electron chi connectivity index (χ3n) is 3.51. The lowest BCUT2D eigenvalue weighted by Crippen LogP contribution is -2.25. The van der Waals surface area contributed by atoms with E-state index in [1.54, 1.807) is 18.2 Å². The average molecular weight is 303 g/mol. The van der Waals surface area contributed by atoms with Crippen molar-refractivity contribution in [2.24, 2.45) is 5.92 Å². The predicted octanol–water partition coefficient (Wildman–Crippen LogP) is 4.15. The molecule has 1 aromatic rings. The third kappa shape index (κ3) is 4.10. The van der Waals surface area contributed by atoms with Crippen LogP contribution >= 0.6 is 23.2 Å². The van der Waals surface area contributed by atoms with E-state index in [0.29, 0.717) is 29.5 Å². The first kappa shape index (κ1) is 14.6. The third-order valence-corrected chi connectivity index (χ3v) is 4.11. The Morgan fingerprint density at radius 1 is 1.26 bits per heavy atom. The minimum absolute atomic E-state index is 0.116. The molecule has 0 radical (unpaired) electrons. The number of hydrogen-bond donors (Lipinski definition) is 1. The number of benzene rings is 1. The lowest BCUT2D eigenvalue weighted by Gasteiger charge is -2.26. The Kier molecular flexibility index (Phi) is 5.08. The monoisotopic (exact) mass is 302 g/mol. The van der Waals surface area contributed by atoms with Gasteiger partial charge < -0.3 is 9.84 Å². The summed E-state index contributed by atoms with van der Waals surface area (Å²) in [4.78, 5) is 10.8. The smallest absolute Gasteiger partial charge is 0.306 e. The summed E-state index contributed by atoms with van der Waals surface area (Å²) in [5.41, 5.74) is 0.870. The van der Waals surface area contributed by atoms with E-state index < -0.39 is 5.97 Å². The molecule has 0 bridgehead atoms. The van der Waals surface area contributed by atoms with E-state index in [1.165, 1.54) is 0 Å². The molecule has 0 spiro atoms. The van der Waals surface area contributed by atoms with Crippen molar-refractivity contribution in [2.45, 2.75) is 38.4 Å². The molecule has 0 unspecified atom stereocenters. The first-order chi connectivity index (χ1) is 9.06. The van der Waals surface area contributed by atoms with Gasteiger partial charge in [-0.2, -0.15) is 0 Å². The zero-order valence-corrected chi connectivity index (χ0v) is 12.0. The fraction of sp³-hybridized carbons (Fsp3) is 0.500.